The maximum atomic E-state index is 13.1. The fourth-order valence-electron chi connectivity index (χ4n) is 3.08. The van der Waals surface area contributed by atoms with Crippen molar-refractivity contribution in [2.75, 3.05) is 13.7 Å². The van der Waals surface area contributed by atoms with Crippen molar-refractivity contribution < 1.29 is 13.2 Å². The number of sulfonamides is 1. The summed E-state index contributed by atoms with van der Waals surface area (Å²) >= 11 is 6.00. The molecule has 0 atom stereocenters. The molecule has 1 aromatic carbocycles. The smallest absolute Gasteiger partial charge is 0.247 e. The van der Waals surface area contributed by atoms with Crippen LogP contribution in [0.1, 0.15) is 32.0 Å². The van der Waals surface area contributed by atoms with Gasteiger partial charge in [-0.3, -0.25) is 4.68 Å². The molecule has 25 heavy (non-hydrogen) atoms. The first-order valence-corrected chi connectivity index (χ1v) is 9.86. The summed E-state index contributed by atoms with van der Waals surface area (Å²) in [5.41, 5.74) is 1.90. The van der Waals surface area contributed by atoms with E-state index in [1.54, 1.807) is 18.3 Å². The van der Waals surface area contributed by atoms with Gasteiger partial charge in [-0.2, -0.15) is 9.40 Å². The molecule has 0 aliphatic carbocycles. The zero-order valence-corrected chi connectivity index (χ0v) is 16.4. The number of ether oxygens (including phenoxy) is 1. The normalized spacial score (nSPS) is 15.9. The summed E-state index contributed by atoms with van der Waals surface area (Å²) < 4.78 is 34.8. The maximum Gasteiger partial charge on any atom is 0.247 e. The highest BCUT2D eigenvalue weighted by atomic mass is 35.5. The highest BCUT2D eigenvalue weighted by molar-refractivity contribution is 7.89. The molecule has 1 aliphatic heterocycles. The number of hydrogen-bond acceptors (Lipinski definition) is 4. The summed E-state index contributed by atoms with van der Waals surface area (Å²) in [6.45, 7) is 6.94. The Balaban J connectivity index is 1.97. The molecule has 0 saturated carbocycles. The second kappa shape index (κ2) is 6.30. The summed E-state index contributed by atoms with van der Waals surface area (Å²) in [6.07, 6.45) is 2.38. The summed E-state index contributed by atoms with van der Waals surface area (Å²) in [7, 11) is -2.26. The number of benzene rings is 1. The largest absolute Gasteiger partial charge is 0.495 e. The molecular weight excluding hydrogens is 362 g/mol. The van der Waals surface area contributed by atoms with Crippen molar-refractivity contribution in [2.45, 2.75) is 44.2 Å². The number of aromatic nitrogens is 2. The van der Waals surface area contributed by atoms with Gasteiger partial charge in [0.2, 0.25) is 10.0 Å². The minimum atomic E-state index is -3.71. The average Bonchev–Trinajstić information content (AvgIpc) is 2.98. The van der Waals surface area contributed by atoms with E-state index >= 15 is 0 Å². The van der Waals surface area contributed by atoms with E-state index in [1.165, 1.54) is 17.5 Å². The van der Waals surface area contributed by atoms with Gasteiger partial charge in [-0.25, -0.2) is 8.42 Å². The summed E-state index contributed by atoms with van der Waals surface area (Å²) in [5.74, 6) is 0.292. The number of hydrogen-bond donors (Lipinski definition) is 0. The highest BCUT2D eigenvalue weighted by Gasteiger charge is 2.33. The Morgan fingerprint density at radius 1 is 1.28 bits per heavy atom. The van der Waals surface area contributed by atoms with Crippen LogP contribution in [0.4, 0.5) is 0 Å². The Hall–Kier alpha value is -1.57. The third-order valence-electron chi connectivity index (χ3n) is 4.28. The topological polar surface area (TPSA) is 64.4 Å². The Morgan fingerprint density at radius 2 is 2.00 bits per heavy atom. The first-order chi connectivity index (χ1) is 11.6. The van der Waals surface area contributed by atoms with Crippen LogP contribution in [-0.4, -0.2) is 36.2 Å². The van der Waals surface area contributed by atoms with Gasteiger partial charge in [0.1, 0.15) is 10.6 Å². The zero-order chi connectivity index (χ0) is 18.4. The van der Waals surface area contributed by atoms with Crippen molar-refractivity contribution in [3.05, 3.63) is 40.7 Å². The molecule has 0 N–H and O–H groups in total. The van der Waals surface area contributed by atoms with Gasteiger partial charge in [0.25, 0.3) is 0 Å². The van der Waals surface area contributed by atoms with E-state index < -0.39 is 10.0 Å². The van der Waals surface area contributed by atoms with Crippen molar-refractivity contribution in [1.82, 2.24) is 14.1 Å². The SMILES string of the molecule is COc1ccc(Cl)cc1S(=O)(=O)N1CCc2c(cnn2C(C)(C)C)C1. The van der Waals surface area contributed by atoms with E-state index in [1.807, 2.05) is 4.68 Å². The predicted molar refractivity (Wildman–Crippen MR) is 96.5 cm³/mol. The van der Waals surface area contributed by atoms with Crippen molar-refractivity contribution in [1.29, 1.82) is 0 Å². The monoisotopic (exact) mass is 383 g/mol. The first kappa shape index (κ1) is 18.2. The Morgan fingerprint density at radius 3 is 2.64 bits per heavy atom. The number of nitrogens with zero attached hydrogens (tertiary/aromatic N) is 3. The van der Waals surface area contributed by atoms with Crippen molar-refractivity contribution in [3.63, 3.8) is 0 Å². The number of methoxy groups -OCH3 is 1. The zero-order valence-electron chi connectivity index (χ0n) is 14.8. The molecule has 2 aromatic rings. The lowest BCUT2D eigenvalue weighted by Crippen LogP contribution is -2.37. The summed E-state index contributed by atoms with van der Waals surface area (Å²) in [6, 6.07) is 4.62. The first-order valence-electron chi connectivity index (χ1n) is 8.04. The van der Waals surface area contributed by atoms with Gasteiger partial charge in [-0.05, 0) is 39.0 Å². The molecule has 6 nitrogen and oxygen atoms in total. The lowest BCUT2D eigenvalue weighted by molar-refractivity contribution is 0.324. The minimum absolute atomic E-state index is 0.0918. The van der Waals surface area contributed by atoms with E-state index in [0.717, 1.165) is 11.3 Å². The average molecular weight is 384 g/mol. The van der Waals surface area contributed by atoms with Crippen LogP contribution in [0.3, 0.4) is 0 Å². The molecule has 136 valence electrons. The van der Waals surface area contributed by atoms with Crippen LogP contribution in [0.15, 0.2) is 29.3 Å². The Kier molecular flexibility index (Phi) is 4.59. The van der Waals surface area contributed by atoms with E-state index in [0.29, 0.717) is 30.3 Å². The van der Waals surface area contributed by atoms with Crippen molar-refractivity contribution >= 4 is 21.6 Å². The predicted octanol–water partition coefficient (Wildman–Crippen LogP) is 3.05. The third-order valence-corrected chi connectivity index (χ3v) is 6.38. The van der Waals surface area contributed by atoms with Gasteiger partial charge in [0.15, 0.2) is 0 Å². The van der Waals surface area contributed by atoms with E-state index in [4.69, 9.17) is 16.3 Å². The van der Waals surface area contributed by atoms with Gasteiger partial charge in [0.05, 0.1) is 18.8 Å². The molecular formula is C17H22ClN3O3S. The van der Waals surface area contributed by atoms with E-state index in [9.17, 15) is 8.42 Å². The molecule has 0 radical (unpaired) electrons. The fourth-order valence-corrected chi connectivity index (χ4v) is 4.92. The quantitative estimate of drug-likeness (QED) is 0.817. The van der Waals surface area contributed by atoms with Crippen LogP contribution >= 0.6 is 11.6 Å². The Bertz CT molecular complexity index is 900. The van der Waals surface area contributed by atoms with Crippen LogP contribution in [0.25, 0.3) is 0 Å². The van der Waals surface area contributed by atoms with Crippen LogP contribution < -0.4 is 4.74 Å². The number of rotatable bonds is 3. The Labute approximate surface area is 153 Å². The van der Waals surface area contributed by atoms with Crippen LogP contribution in [0.2, 0.25) is 5.02 Å². The van der Waals surface area contributed by atoms with Gasteiger partial charge in [-0.15, -0.1) is 0 Å². The third kappa shape index (κ3) is 3.28. The second-order valence-corrected chi connectivity index (χ2v) is 9.43. The van der Waals surface area contributed by atoms with Crippen LogP contribution in [0.5, 0.6) is 5.75 Å². The van der Waals surface area contributed by atoms with Gasteiger partial charge in [0, 0.05) is 35.8 Å². The molecule has 0 spiro atoms. The van der Waals surface area contributed by atoms with Gasteiger partial charge in [-0.1, -0.05) is 11.6 Å². The van der Waals surface area contributed by atoms with Crippen molar-refractivity contribution in [3.8, 4) is 5.75 Å². The van der Waals surface area contributed by atoms with E-state index in [2.05, 4.69) is 25.9 Å². The minimum Gasteiger partial charge on any atom is -0.495 e. The van der Waals surface area contributed by atoms with Crippen LogP contribution in [0, 0.1) is 0 Å². The lowest BCUT2D eigenvalue weighted by atomic mass is 10.1. The highest BCUT2D eigenvalue weighted by Crippen LogP contribution is 2.33. The number of fused-ring (bicyclic) bond motifs is 1. The molecule has 0 fully saturated rings. The molecule has 0 unspecified atom stereocenters. The molecule has 0 amide bonds. The van der Waals surface area contributed by atoms with Crippen molar-refractivity contribution in [2.24, 2.45) is 0 Å². The summed E-state index contributed by atoms with van der Waals surface area (Å²) in [4.78, 5) is 0.0918. The molecule has 0 saturated heterocycles. The molecule has 1 aromatic heterocycles. The fraction of sp³-hybridized carbons (Fsp3) is 0.471. The summed E-state index contributed by atoms with van der Waals surface area (Å²) in [5, 5.41) is 4.81. The maximum absolute atomic E-state index is 13.1. The molecule has 3 rings (SSSR count). The molecule has 0 bridgehead atoms. The van der Waals surface area contributed by atoms with E-state index in [-0.39, 0.29) is 10.4 Å². The standard InChI is InChI=1S/C17H22ClN3O3S/c1-17(2,3)21-14-7-8-20(11-12(14)10-19-21)25(22,23)16-9-13(18)5-6-15(16)24-4/h5-6,9-10H,7-8,11H2,1-4H3. The number of halogens is 1. The molecule has 1 aliphatic rings. The molecule has 2 heterocycles. The lowest BCUT2D eigenvalue weighted by Gasteiger charge is -2.30. The van der Waals surface area contributed by atoms with Crippen LogP contribution in [-0.2, 0) is 28.5 Å². The molecule has 8 heteroatoms. The second-order valence-electron chi connectivity index (χ2n) is 7.08. The van der Waals surface area contributed by atoms with Gasteiger partial charge >= 0.3 is 0 Å². The van der Waals surface area contributed by atoms with Gasteiger partial charge < -0.3 is 4.74 Å².